The standard InChI is InChI=1S/C24H20ClN5O2.C24H20FN5O2.C22H18N6O2.C16H15N5O/c2*1-15-7-3-5-9-19(15)21(31)26-23-28-24(27-22(32)20-10-6-4-8-16(20)2)30(29-23)18-13-11-17(25)12-14-18;1-15-9-5-6-12-17(15)19(29)24-21-26-22(25-20(30)18-13-7-8-14-23-18)28(27-21)16-10-3-2-4-11-16;1-11-7-5-6-10-13(11)14(22)18-16-19-15(17)21(20-16)12-8-3-2-4-9-12/h2*3-14H,1-2H3,(H2,26,27,28,29,31,32);2-14H,1H3,(H2,24,25,26,27,29,30);2-10H,1H3,(H3,17,18,19,20,22). The Labute approximate surface area is 668 Å². The smallest absolute Gasteiger partial charge is 0.276 e. The van der Waals surface area contributed by atoms with Crippen molar-refractivity contribution in [1.82, 2.24) is 64.0 Å². The Bertz CT molecular complexity index is 5860. The lowest BCUT2D eigenvalue weighted by atomic mass is 10.1. The summed E-state index contributed by atoms with van der Waals surface area (Å²) in [4.78, 5) is 110. The number of carbonyl (C=O) groups excluding carboxylic acids is 7. The van der Waals surface area contributed by atoms with Crippen molar-refractivity contribution in [3.63, 3.8) is 0 Å². The van der Waals surface area contributed by atoms with E-state index in [1.54, 1.807) is 109 Å². The van der Waals surface area contributed by atoms with Crippen LogP contribution in [-0.4, -0.2) is 105 Å². The quantitative estimate of drug-likeness (QED) is 0.0395. The maximum Gasteiger partial charge on any atom is 0.276 e. The predicted molar refractivity (Wildman–Crippen MR) is 442 cm³/mol. The van der Waals surface area contributed by atoms with Crippen molar-refractivity contribution in [3.05, 3.63) is 362 Å². The van der Waals surface area contributed by atoms with Crippen LogP contribution < -0.4 is 43.0 Å². The van der Waals surface area contributed by atoms with Crippen LogP contribution in [0.3, 0.4) is 0 Å². The van der Waals surface area contributed by atoms with E-state index >= 15 is 0 Å². The Hall–Kier alpha value is -15.8. The molecule has 15 rings (SSSR count). The molecule has 15 aromatic rings. The van der Waals surface area contributed by atoms with Crippen molar-refractivity contribution in [3.8, 4) is 22.7 Å². The van der Waals surface area contributed by atoms with Crippen LogP contribution in [-0.2, 0) is 0 Å². The summed E-state index contributed by atoms with van der Waals surface area (Å²) in [6.45, 7) is 11.1. The van der Waals surface area contributed by atoms with Crippen LogP contribution in [0.25, 0.3) is 22.7 Å². The third kappa shape index (κ3) is 20.2. The van der Waals surface area contributed by atoms with Gasteiger partial charge in [0.2, 0.25) is 23.8 Å². The van der Waals surface area contributed by atoms with Crippen molar-refractivity contribution < 1.29 is 38.0 Å². The summed E-state index contributed by atoms with van der Waals surface area (Å²) in [5.74, 6) is -1.92. The fourth-order valence-electron chi connectivity index (χ4n) is 11.4. The Morgan fingerprint density at radius 2 is 0.552 bits per heavy atom. The molecule has 10 aromatic carbocycles. The molecule has 0 aliphatic heterocycles. The molecule has 0 radical (unpaired) electrons. The molecule has 0 saturated heterocycles. The summed E-state index contributed by atoms with van der Waals surface area (Å²) >= 11 is 6.01. The second kappa shape index (κ2) is 37.3. The molecule has 0 saturated carbocycles. The fraction of sp³-hybridized carbons (Fsp3) is 0.0698. The van der Waals surface area contributed by atoms with Crippen LogP contribution >= 0.6 is 11.6 Å². The molecule has 0 spiro atoms. The van der Waals surface area contributed by atoms with E-state index in [-0.39, 0.29) is 88.7 Å². The molecule has 0 fully saturated rings. The number of para-hydroxylation sites is 2. The van der Waals surface area contributed by atoms with Crippen LogP contribution in [0.4, 0.5) is 52.0 Å². The minimum Gasteiger partial charge on any atom is -0.368 e. The molecule has 9 N–H and O–H groups in total. The molecule has 30 heteroatoms. The van der Waals surface area contributed by atoms with E-state index in [1.165, 1.54) is 49.2 Å². The third-order valence-electron chi connectivity index (χ3n) is 17.4. The Balaban J connectivity index is 0.000000144. The van der Waals surface area contributed by atoms with E-state index in [9.17, 15) is 38.0 Å². The average molecular weight is 1570 g/mol. The van der Waals surface area contributed by atoms with E-state index in [0.29, 0.717) is 55.5 Å². The van der Waals surface area contributed by atoms with Crippen LogP contribution in [0, 0.1) is 47.4 Å². The lowest BCUT2D eigenvalue weighted by molar-refractivity contribution is 0.101. The average Bonchev–Trinajstić information content (AvgIpc) is 1.67. The van der Waals surface area contributed by atoms with Crippen molar-refractivity contribution >= 4 is 101 Å². The van der Waals surface area contributed by atoms with Gasteiger partial charge in [-0.2, -0.15) is 38.7 Å². The number of anilines is 8. The SMILES string of the molecule is Cc1ccccc1C(=O)Nc1nc(N)n(-c2ccccc2)n1.Cc1ccccc1C(=O)Nc1nc(NC(=O)c2ccccc2C)n(-c2ccc(Cl)cc2)n1.Cc1ccccc1C(=O)Nc1nc(NC(=O)c2ccccc2C)n(-c2ccc(F)cc2)n1.Cc1ccccc1C(=O)Nc1nc(NC(=O)c2ccccn2)n(-c2ccccc2)n1. The number of nitrogens with two attached hydrogens (primary N) is 1. The number of amides is 7. The summed E-state index contributed by atoms with van der Waals surface area (Å²) in [6.07, 6.45) is 1.53. The highest BCUT2D eigenvalue weighted by Gasteiger charge is 2.24. The second-order valence-electron chi connectivity index (χ2n) is 25.6. The predicted octanol–water partition coefficient (Wildman–Crippen LogP) is 15.5. The van der Waals surface area contributed by atoms with E-state index in [0.717, 1.165) is 39.1 Å². The van der Waals surface area contributed by atoms with Gasteiger partial charge in [0.25, 0.3) is 65.1 Å². The number of pyridine rings is 1. The number of aryl methyl sites for hydroxylation is 6. The van der Waals surface area contributed by atoms with Gasteiger partial charge in [-0.1, -0.05) is 163 Å². The normalized spacial score (nSPS) is 10.5. The number of benzene rings is 10. The summed E-state index contributed by atoms with van der Waals surface area (Å²) in [6, 6.07) is 79.3. The molecular formula is C86H73ClFN21O7. The van der Waals surface area contributed by atoms with E-state index in [1.807, 2.05) is 181 Å². The molecule has 28 nitrogen and oxygen atoms in total. The van der Waals surface area contributed by atoms with Crippen molar-refractivity contribution in [2.24, 2.45) is 0 Å². The van der Waals surface area contributed by atoms with E-state index in [2.05, 4.69) is 82.5 Å². The molecule has 5 heterocycles. The highest BCUT2D eigenvalue weighted by molar-refractivity contribution is 6.30. The number of hydrogen-bond acceptors (Lipinski definition) is 17. The zero-order chi connectivity index (χ0) is 81.8. The molecule has 116 heavy (non-hydrogen) atoms. The van der Waals surface area contributed by atoms with Gasteiger partial charge >= 0.3 is 0 Å². The zero-order valence-electron chi connectivity index (χ0n) is 63.1. The maximum atomic E-state index is 13.4. The molecule has 0 unspecified atom stereocenters. The number of carbonyl (C=O) groups is 7. The highest BCUT2D eigenvalue weighted by Crippen LogP contribution is 2.25. The monoisotopic (exact) mass is 1570 g/mol. The number of aromatic nitrogens is 13. The number of nitrogens with zero attached hydrogens (tertiary/aromatic N) is 13. The van der Waals surface area contributed by atoms with Crippen LogP contribution in [0.5, 0.6) is 0 Å². The topological polar surface area (TPSA) is 365 Å². The maximum absolute atomic E-state index is 13.4. The van der Waals surface area contributed by atoms with Gasteiger partial charge in [0.15, 0.2) is 0 Å². The van der Waals surface area contributed by atoms with Gasteiger partial charge in [0.05, 0.1) is 22.7 Å². The zero-order valence-corrected chi connectivity index (χ0v) is 63.8. The van der Waals surface area contributed by atoms with Crippen molar-refractivity contribution in [2.75, 3.05) is 43.0 Å². The molecule has 0 atom stereocenters. The Kier molecular flexibility index (Phi) is 25.6. The van der Waals surface area contributed by atoms with Gasteiger partial charge in [-0.05, 0) is 196 Å². The first-order chi connectivity index (χ1) is 56.1. The Morgan fingerprint density at radius 1 is 0.293 bits per heavy atom. The lowest BCUT2D eigenvalue weighted by Crippen LogP contribution is -2.17. The third-order valence-corrected chi connectivity index (χ3v) is 17.7. The van der Waals surface area contributed by atoms with Gasteiger partial charge < -0.3 is 5.73 Å². The number of halogens is 2. The lowest BCUT2D eigenvalue weighted by Gasteiger charge is -2.08. The van der Waals surface area contributed by atoms with Crippen LogP contribution in [0.1, 0.15) is 106 Å². The van der Waals surface area contributed by atoms with Gasteiger partial charge in [-0.15, -0.1) is 20.4 Å². The van der Waals surface area contributed by atoms with Gasteiger partial charge in [-0.25, -0.2) is 4.39 Å². The number of nitrogens with one attached hydrogen (secondary N) is 7. The van der Waals surface area contributed by atoms with Gasteiger partial charge in [-0.3, -0.25) is 75.8 Å². The van der Waals surface area contributed by atoms with Crippen LogP contribution in [0.15, 0.2) is 279 Å². The summed E-state index contributed by atoms with van der Waals surface area (Å²) in [5, 5.41) is 36.8. The molecule has 5 aromatic heterocycles. The van der Waals surface area contributed by atoms with Crippen molar-refractivity contribution in [2.45, 2.75) is 41.5 Å². The molecule has 7 amide bonds. The molecular weight excluding hydrogens is 1490 g/mol. The first-order valence-corrected chi connectivity index (χ1v) is 36.2. The molecule has 578 valence electrons. The number of hydrogen-bond donors (Lipinski definition) is 8. The van der Waals surface area contributed by atoms with E-state index < -0.39 is 11.7 Å². The minimum atomic E-state index is -0.433. The number of nitrogen functional groups attached to an aromatic ring is 1. The molecule has 0 aliphatic rings. The first-order valence-electron chi connectivity index (χ1n) is 35.8. The second-order valence-corrected chi connectivity index (χ2v) is 26.1. The van der Waals surface area contributed by atoms with E-state index in [4.69, 9.17) is 17.3 Å². The van der Waals surface area contributed by atoms with Crippen LogP contribution in [0.2, 0.25) is 5.02 Å². The number of rotatable bonds is 18. The molecule has 0 aliphatic carbocycles. The fourth-order valence-corrected chi connectivity index (χ4v) is 11.5. The van der Waals surface area contributed by atoms with Crippen molar-refractivity contribution in [1.29, 1.82) is 0 Å². The highest BCUT2D eigenvalue weighted by atomic mass is 35.5. The Morgan fingerprint density at radius 3 is 0.871 bits per heavy atom. The largest absolute Gasteiger partial charge is 0.368 e. The minimum absolute atomic E-state index is 0.00246. The van der Waals surface area contributed by atoms with Gasteiger partial charge in [0, 0.05) is 44.6 Å². The first kappa shape index (κ1) is 79.8. The molecule has 0 bridgehead atoms. The summed E-state index contributed by atoms with van der Waals surface area (Å²) in [7, 11) is 0. The van der Waals surface area contributed by atoms with Gasteiger partial charge in [0.1, 0.15) is 11.5 Å². The summed E-state index contributed by atoms with van der Waals surface area (Å²) < 4.78 is 19.1. The summed E-state index contributed by atoms with van der Waals surface area (Å²) in [5.41, 5.74) is 16.7.